The number of fused-ring (bicyclic) bond motifs is 2. The molecule has 3 aromatic rings. The van der Waals surface area contributed by atoms with Gasteiger partial charge < -0.3 is 30.7 Å². The first-order valence-corrected chi connectivity index (χ1v) is 12.9. The number of carbonyl (C=O) groups is 3. The van der Waals surface area contributed by atoms with Gasteiger partial charge in [-0.05, 0) is 56.5 Å². The molecule has 10 nitrogen and oxygen atoms in total. The van der Waals surface area contributed by atoms with E-state index in [2.05, 4.69) is 20.9 Å². The van der Waals surface area contributed by atoms with Gasteiger partial charge in [-0.25, -0.2) is 9.78 Å². The summed E-state index contributed by atoms with van der Waals surface area (Å²) in [6.45, 7) is 3.95. The van der Waals surface area contributed by atoms with Crippen molar-refractivity contribution in [3.05, 3.63) is 51.5 Å². The van der Waals surface area contributed by atoms with Crippen LogP contribution < -0.4 is 20.7 Å². The van der Waals surface area contributed by atoms with Crippen LogP contribution in [0.25, 0.3) is 10.2 Å². The van der Waals surface area contributed by atoms with Crippen molar-refractivity contribution in [3.63, 3.8) is 0 Å². The summed E-state index contributed by atoms with van der Waals surface area (Å²) < 4.78 is 6.13. The number of nitrogens with zero attached hydrogens (tertiary/aromatic N) is 2. The number of hydrogen-bond acceptors (Lipinski definition) is 7. The fourth-order valence-corrected chi connectivity index (χ4v) is 5.99. The van der Waals surface area contributed by atoms with Crippen molar-refractivity contribution in [1.29, 1.82) is 0 Å². The van der Waals surface area contributed by atoms with Gasteiger partial charge in [0.05, 0.1) is 22.4 Å². The number of rotatable bonds is 5. The van der Waals surface area contributed by atoms with Crippen molar-refractivity contribution < 1.29 is 24.2 Å². The largest absolute Gasteiger partial charge is 0.497 e. The van der Waals surface area contributed by atoms with Crippen LogP contribution in [0.15, 0.2) is 30.3 Å². The average molecular weight is 544 g/mol. The second-order valence-electron chi connectivity index (χ2n) is 9.60. The molecular formula is C25H26ClN5O5S. The van der Waals surface area contributed by atoms with E-state index >= 15 is 0 Å². The van der Waals surface area contributed by atoms with E-state index in [4.69, 9.17) is 16.3 Å². The van der Waals surface area contributed by atoms with E-state index in [0.717, 1.165) is 10.3 Å². The molecule has 2 unspecified atom stereocenters. The van der Waals surface area contributed by atoms with Crippen LogP contribution in [-0.2, 0) is 16.9 Å². The lowest BCUT2D eigenvalue weighted by molar-refractivity contribution is -0.132. The molecule has 0 radical (unpaired) electrons. The van der Waals surface area contributed by atoms with Gasteiger partial charge in [-0.2, -0.15) is 0 Å². The van der Waals surface area contributed by atoms with E-state index in [0.29, 0.717) is 45.4 Å². The van der Waals surface area contributed by atoms with E-state index in [1.165, 1.54) is 16.2 Å². The van der Waals surface area contributed by atoms with Crippen LogP contribution in [0.1, 0.15) is 47.6 Å². The zero-order chi connectivity index (χ0) is 26.5. The van der Waals surface area contributed by atoms with Gasteiger partial charge in [0.25, 0.3) is 5.91 Å². The van der Waals surface area contributed by atoms with Crippen LogP contribution in [0.2, 0.25) is 5.02 Å². The van der Waals surface area contributed by atoms with Crippen molar-refractivity contribution in [2.24, 2.45) is 0 Å². The number of ether oxygens (including phenoxy) is 1. The first-order valence-electron chi connectivity index (χ1n) is 11.7. The number of aliphatic hydroxyl groups is 1. The quantitative estimate of drug-likeness (QED) is 0.389. The highest BCUT2D eigenvalue weighted by Crippen LogP contribution is 2.36. The van der Waals surface area contributed by atoms with Gasteiger partial charge in [0.1, 0.15) is 28.5 Å². The molecule has 194 valence electrons. The maximum atomic E-state index is 12.9. The summed E-state index contributed by atoms with van der Waals surface area (Å²) in [6, 6.07) is 7.52. The summed E-state index contributed by atoms with van der Waals surface area (Å²) in [5.41, 5.74) is 1.57. The van der Waals surface area contributed by atoms with Crippen LogP contribution in [-0.4, -0.2) is 52.2 Å². The molecule has 1 fully saturated rings. The van der Waals surface area contributed by atoms with Crippen molar-refractivity contribution in [3.8, 4) is 5.75 Å². The Hall–Kier alpha value is -3.41. The number of halogens is 1. The summed E-state index contributed by atoms with van der Waals surface area (Å²) in [7, 11) is 1.57. The van der Waals surface area contributed by atoms with Crippen LogP contribution in [0.5, 0.6) is 5.75 Å². The Morgan fingerprint density at radius 2 is 2.05 bits per heavy atom. The third-order valence-electron chi connectivity index (χ3n) is 6.51. The van der Waals surface area contributed by atoms with E-state index in [1.54, 1.807) is 31.4 Å². The van der Waals surface area contributed by atoms with Gasteiger partial charge in [0.2, 0.25) is 5.91 Å². The lowest BCUT2D eigenvalue weighted by atomic mass is 10.0. The van der Waals surface area contributed by atoms with Gasteiger partial charge >= 0.3 is 6.03 Å². The molecule has 2 atom stereocenters. The van der Waals surface area contributed by atoms with Gasteiger partial charge in [-0.3, -0.25) is 9.59 Å². The molecule has 2 aromatic carbocycles. The number of thiazole rings is 1. The topological polar surface area (TPSA) is 133 Å². The fourth-order valence-electron chi connectivity index (χ4n) is 4.60. The standard InChI is InChI=1S/C25H26ClN5O5S/c1-25(2,23-29-20-16(26)9-14(36-3)10-18(20)37-23)30-24(35)27-13-4-5-15-12(8-13)11-31(22(15)34)17-6-7-19(32)28-21(17)33/h4-5,8-10,17,19,32H,6-7,11H2,1-3H3,(H,28,33)(H2,27,30,35). The monoisotopic (exact) mass is 543 g/mol. The first kappa shape index (κ1) is 25.2. The summed E-state index contributed by atoms with van der Waals surface area (Å²) in [5, 5.41) is 19.0. The Balaban J connectivity index is 1.28. The van der Waals surface area contributed by atoms with E-state index < -0.39 is 23.8 Å². The number of urea groups is 1. The number of aliphatic hydroxyl groups excluding tert-OH is 1. The molecule has 12 heteroatoms. The number of carbonyl (C=O) groups excluding carboxylic acids is 3. The van der Waals surface area contributed by atoms with Crippen molar-refractivity contribution in [1.82, 2.24) is 20.5 Å². The molecular weight excluding hydrogens is 518 g/mol. The Bertz CT molecular complexity index is 1420. The minimum Gasteiger partial charge on any atom is -0.497 e. The van der Waals surface area contributed by atoms with Gasteiger partial charge in [-0.15, -0.1) is 11.3 Å². The summed E-state index contributed by atoms with van der Waals surface area (Å²) in [6.07, 6.45) is -0.114. The Labute approximate surface area is 222 Å². The number of methoxy groups -OCH3 is 1. The van der Waals surface area contributed by atoms with Crippen molar-refractivity contribution in [2.75, 3.05) is 12.4 Å². The molecule has 5 rings (SSSR count). The Morgan fingerprint density at radius 1 is 1.27 bits per heavy atom. The normalized spacial score (nSPS) is 19.5. The SMILES string of the molecule is COc1cc(Cl)c2nc(C(C)(C)NC(=O)Nc3ccc4c(c3)CN(C3CCC(O)NC3=O)C4=O)sc2c1. The highest BCUT2D eigenvalue weighted by Gasteiger charge is 2.39. The fraction of sp³-hybridized carbons (Fsp3) is 0.360. The summed E-state index contributed by atoms with van der Waals surface area (Å²) in [5.74, 6) is 0.0239. The summed E-state index contributed by atoms with van der Waals surface area (Å²) in [4.78, 5) is 44.2. The molecule has 2 aliphatic rings. The van der Waals surface area contributed by atoms with Gasteiger partial charge in [0.15, 0.2) is 0 Å². The first-order chi connectivity index (χ1) is 17.6. The number of nitrogens with one attached hydrogen (secondary N) is 3. The van der Waals surface area contributed by atoms with E-state index in [-0.39, 0.29) is 18.4 Å². The maximum Gasteiger partial charge on any atom is 0.319 e. The average Bonchev–Trinajstić information content (AvgIpc) is 3.41. The zero-order valence-electron chi connectivity index (χ0n) is 20.4. The highest BCUT2D eigenvalue weighted by atomic mass is 35.5. The molecule has 4 amide bonds. The lowest BCUT2D eigenvalue weighted by Crippen LogP contribution is -2.54. The highest BCUT2D eigenvalue weighted by molar-refractivity contribution is 7.18. The molecule has 2 aliphatic heterocycles. The van der Waals surface area contributed by atoms with Crippen LogP contribution in [0, 0.1) is 0 Å². The summed E-state index contributed by atoms with van der Waals surface area (Å²) >= 11 is 7.77. The smallest absolute Gasteiger partial charge is 0.319 e. The molecule has 1 aromatic heterocycles. The molecule has 4 N–H and O–H groups in total. The molecule has 1 saturated heterocycles. The molecule has 0 saturated carbocycles. The molecule has 0 aliphatic carbocycles. The molecule has 0 bridgehead atoms. The molecule has 0 spiro atoms. The number of amides is 4. The number of piperidine rings is 1. The second kappa shape index (κ2) is 9.47. The predicted molar refractivity (Wildman–Crippen MR) is 140 cm³/mol. The zero-order valence-corrected chi connectivity index (χ0v) is 22.0. The van der Waals surface area contributed by atoms with Crippen molar-refractivity contribution >= 4 is 56.7 Å². The minimum absolute atomic E-state index is 0.241. The maximum absolute atomic E-state index is 12.9. The van der Waals surface area contributed by atoms with Gasteiger partial charge in [0, 0.05) is 23.9 Å². The third-order valence-corrected chi connectivity index (χ3v) is 8.13. The van der Waals surface area contributed by atoms with Crippen LogP contribution >= 0.6 is 22.9 Å². The molecule has 37 heavy (non-hydrogen) atoms. The van der Waals surface area contributed by atoms with Crippen LogP contribution in [0.4, 0.5) is 10.5 Å². The van der Waals surface area contributed by atoms with Crippen LogP contribution in [0.3, 0.4) is 0 Å². The third kappa shape index (κ3) is 4.81. The minimum atomic E-state index is -0.884. The lowest BCUT2D eigenvalue weighted by Gasteiger charge is -2.32. The Kier molecular flexibility index (Phi) is 6.47. The van der Waals surface area contributed by atoms with E-state index in [9.17, 15) is 19.5 Å². The number of aromatic nitrogens is 1. The second-order valence-corrected chi connectivity index (χ2v) is 11.0. The van der Waals surface area contributed by atoms with Gasteiger partial charge in [-0.1, -0.05) is 11.6 Å². The van der Waals surface area contributed by atoms with E-state index in [1.807, 2.05) is 19.9 Å². The number of hydrogen-bond donors (Lipinski definition) is 4. The van der Waals surface area contributed by atoms with Crippen molar-refractivity contribution in [2.45, 2.75) is 51.0 Å². The molecule has 3 heterocycles. The number of benzene rings is 2. The predicted octanol–water partition coefficient (Wildman–Crippen LogP) is 3.57. The number of anilines is 1. The Morgan fingerprint density at radius 3 is 2.78 bits per heavy atom.